The molecular formula is C7H12ClNO. The van der Waals surface area contributed by atoms with Gasteiger partial charge < -0.3 is 4.90 Å². The fourth-order valence-corrected chi connectivity index (χ4v) is 1.26. The summed E-state index contributed by atoms with van der Waals surface area (Å²) in [4.78, 5) is 12.7. The van der Waals surface area contributed by atoms with Gasteiger partial charge in [0, 0.05) is 25.4 Å². The van der Waals surface area contributed by atoms with Crippen LogP contribution in [0.4, 0.5) is 0 Å². The molecule has 0 spiro atoms. The molecule has 1 fully saturated rings. The van der Waals surface area contributed by atoms with Crippen LogP contribution in [0, 0.1) is 0 Å². The summed E-state index contributed by atoms with van der Waals surface area (Å²) in [6.45, 7) is 2.31. The van der Waals surface area contributed by atoms with Crippen LogP contribution in [0.3, 0.4) is 0 Å². The molecule has 0 radical (unpaired) electrons. The van der Waals surface area contributed by atoms with Crippen LogP contribution in [-0.4, -0.2) is 29.3 Å². The van der Waals surface area contributed by atoms with Gasteiger partial charge in [0.05, 0.1) is 0 Å². The Morgan fingerprint density at radius 1 is 1.70 bits per heavy atom. The lowest BCUT2D eigenvalue weighted by atomic mass is 10.4. The SMILES string of the molecule is CC(=O)N(CCCl)C1CC1. The number of carbonyl (C=O) groups is 1. The Bertz CT molecular complexity index is 134. The van der Waals surface area contributed by atoms with Crippen molar-refractivity contribution in [2.45, 2.75) is 25.8 Å². The van der Waals surface area contributed by atoms with Gasteiger partial charge in [0.25, 0.3) is 0 Å². The quantitative estimate of drug-likeness (QED) is 0.571. The van der Waals surface area contributed by atoms with Crippen molar-refractivity contribution in [3.63, 3.8) is 0 Å². The van der Waals surface area contributed by atoms with Crippen molar-refractivity contribution in [1.82, 2.24) is 4.90 Å². The second kappa shape index (κ2) is 3.24. The van der Waals surface area contributed by atoms with E-state index in [-0.39, 0.29) is 5.91 Å². The van der Waals surface area contributed by atoms with Crippen LogP contribution >= 0.6 is 11.6 Å². The summed E-state index contributed by atoms with van der Waals surface area (Å²) in [5.74, 6) is 0.707. The molecule has 1 aliphatic rings. The zero-order chi connectivity index (χ0) is 7.56. The summed E-state index contributed by atoms with van der Waals surface area (Å²) in [5, 5.41) is 0. The summed E-state index contributed by atoms with van der Waals surface area (Å²) in [6.07, 6.45) is 2.33. The Morgan fingerprint density at radius 2 is 2.30 bits per heavy atom. The van der Waals surface area contributed by atoms with Gasteiger partial charge in [0.15, 0.2) is 0 Å². The Balaban J connectivity index is 2.34. The van der Waals surface area contributed by atoms with E-state index in [0.29, 0.717) is 18.5 Å². The van der Waals surface area contributed by atoms with Crippen LogP contribution in [0.25, 0.3) is 0 Å². The third-order valence-electron chi connectivity index (χ3n) is 1.72. The van der Waals surface area contributed by atoms with Gasteiger partial charge in [-0.05, 0) is 12.8 Å². The number of amides is 1. The lowest BCUT2D eigenvalue weighted by Crippen LogP contribution is -2.32. The topological polar surface area (TPSA) is 20.3 Å². The van der Waals surface area contributed by atoms with Crippen LogP contribution in [0.15, 0.2) is 0 Å². The molecule has 0 heterocycles. The Hall–Kier alpha value is -0.240. The molecule has 0 aliphatic heterocycles. The molecule has 0 saturated heterocycles. The van der Waals surface area contributed by atoms with E-state index in [0.717, 1.165) is 12.8 Å². The van der Waals surface area contributed by atoms with E-state index in [9.17, 15) is 4.79 Å². The fourth-order valence-electron chi connectivity index (χ4n) is 1.07. The molecule has 58 valence electrons. The minimum atomic E-state index is 0.156. The molecule has 2 nitrogen and oxygen atoms in total. The van der Waals surface area contributed by atoms with Gasteiger partial charge in [0.1, 0.15) is 0 Å². The van der Waals surface area contributed by atoms with Gasteiger partial charge in [-0.1, -0.05) is 0 Å². The lowest BCUT2D eigenvalue weighted by Gasteiger charge is -2.18. The lowest BCUT2D eigenvalue weighted by molar-refractivity contribution is -0.129. The minimum absolute atomic E-state index is 0.156. The first kappa shape index (κ1) is 7.86. The molecule has 0 atom stereocenters. The highest BCUT2D eigenvalue weighted by Crippen LogP contribution is 2.26. The van der Waals surface area contributed by atoms with Gasteiger partial charge in [-0.3, -0.25) is 4.79 Å². The summed E-state index contributed by atoms with van der Waals surface area (Å²) in [5.41, 5.74) is 0. The first-order valence-corrected chi connectivity index (χ1v) is 4.12. The Kier molecular flexibility index (Phi) is 2.55. The van der Waals surface area contributed by atoms with Crippen molar-refractivity contribution in [1.29, 1.82) is 0 Å². The summed E-state index contributed by atoms with van der Waals surface area (Å²) >= 11 is 5.52. The smallest absolute Gasteiger partial charge is 0.219 e. The third kappa shape index (κ3) is 1.87. The van der Waals surface area contributed by atoms with Crippen LogP contribution in [-0.2, 0) is 4.79 Å². The number of hydrogen-bond acceptors (Lipinski definition) is 1. The average molecular weight is 162 g/mol. The van der Waals surface area contributed by atoms with Crippen molar-refractivity contribution in [3.8, 4) is 0 Å². The van der Waals surface area contributed by atoms with Gasteiger partial charge in [-0.15, -0.1) is 11.6 Å². The van der Waals surface area contributed by atoms with E-state index in [2.05, 4.69) is 0 Å². The standard InChI is InChI=1S/C7H12ClNO/c1-6(10)9(5-4-8)7-2-3-7/h7H,2-5H2,1H3. The maximum Gasteiger partial charge on any atom is 0.219 e. The van der Waals surface area contributed by atoms with E-state index in [1.807, 2.05) is 4.90 Å². The van der Waals surface area contributed by atoms with E-state index >= 15 is 0 Å². The molecule has 0 N–H and O–H groups in total. The molecule has 10 heavy (non-hydrogen) atoms. The van der Waals surface area contributed by atoms with Crippen LogP contribution in [0.5, 0.6) is 0 Å². The predicted octanol–water partition coefficient (Wildman–Crippen LogP) is 1.24. The number of rotatable bonds is 3. The molecule has 0 unspecified atom stereocenters. The highest BCUT2D eigenvalue weighted by molar-refractivity contribution is 6.18. The molecule has 1 saturated carbocycles. The summed E-state index contributed by atoms with van der Waals surface area (Å²) in [6, 6.07) is 0.510. The molecule has 1 rings (SSSR count). The Morgan fingerprint density at radius 3 is 2.60 bits per heavy atom. The highest BCUT2D eigenvalue weighted by Gasteiger charge is 2.29. The van der Waals surface area contributed by atoms with E-state index in [4.69, 9.17) is 11.6 Å². The zero-order valence-electron chi connectivity index (χ0n) is 6.14. The monoisotopic (exact) mass is 161 g/mol. The van der Waals surface area contributed by atoms with Gasteiger partial charge in [-0.2, -0.15) is 0 Å². The Labute approximate surface area is 66.1 Å². The van der Waals surface area contributed by atoms with Gasteiger partial charge in [-0.25, -0.2) is 0 Å². The zero-order valence-corrected chi connectivity index (χ0v) is 6.90. The van der Waals surface area contributed by atoms with Crippen molar-refractivity contribution in [2.75, 3.05) is 12.4 Å². The second-order valence-corrected chi connectivity index (χ2v) is 3.01. The summed E-state index contributed by atoms with van der Waals surface area (Å²) < 4.78 is 0. The maximum absolute atomic E-state index is 10.9. The molecule has 0 bridgehead atoms. The largest absolute Gasteiger partial charge is 0.339 e. The molecule has 1 amide bonds. The number of hydrogen-bond donors (Lipinski definition) is 0. The van der Waals surface area contributed by atoms with Crippen molar-refractivity contribution in [3.05, 3.63) is 0 Å². The van der Waals surface area contributed by atoms with Crippen molar-refractivity contribution >= 4 is 17.5 Å². The molecular weight excluding hydrogens is 150 g/mol. The predicted molar refractivity (Wildman–Crippen MR) is 41.1 cm³/mol. The molecule has 1 aliphatic carbocycles. The average Bonchev–Trinajstić information content (AvgIpc) is 2.63. The van der Waals surface area contributed by atoms with Crippen molar-refractivity contribution in [2.24, 2.45) is 0 Å². The first-order chi connectivity index (χ1) is 4.75. The van der Waals surface area contributed by atoms with Crippen molar-refractivity contribution < 1.29 is 4.79 Å². The molecule has 0 aromatic rings. The van der Waals surface area contributed by atoms with Crippen LogP contribution in [0.2, 0.25) is 0 Å². The van der Waals surface area contributed by atoms with E-state index < -0.39 is 0 Å². The van der Waals surface area contributed by atoms with Crippen LogP contribution in [0.1, 0.15) is 19.8 Å². The highest BCUT2D eigenvalue weighted by atomic mass is 35.5. The number of halogens is 1. The van der Waals surface area contributed by atoms with Gasteiger partial charge in [0.2, 0.25) is 5.91 Å². The third-order valence-corrected chi connectivity index (χ3v) is 1.89. The van der Waals surface area contributed by atoms with E-state index in [1.54, 1.807) is 6.92 Å². The number of nitrogens with zero attached hydrogens (tertiary/aromatic N) is 1. The second-order valence-electron chi connectivity index (χ2n) is 2.63. The summed E-state index contributed by atoms with van der Waals surface area (Å²) in [7, 11) is 0. The number of carbonyl (C=O) groups excluding carboxylic acids is 1. The normalized spacial score (nSPS) is 17.0. The minimum Gasteiger partial charge on any atom is -0.339 e. The molecule has 0 aromatic carbocycles. The molecule has 0 aromatic heterocycles. The van der Waals surface area contributed by atoms with Gasteiger partial charge >= 0.3 is 0 Å². The van der Waals surface area contributed by atoms with Crippen LogP contribution < -0.4 is 0 Å². The van der Waals surface area contributed by atoms with E-state index in [1.165, 1.54) is 0 Å². The maximum atomic E-state index is 10.9. The number of alkyl halides is 1. The first-order valence-electron chi connectivity index (χ1n) is 3.59. The fraction of sp³-hybridized carbons (Fsp3) is 0.857. The molecule has 3 heteroatoms.